The van der Waals surface area contributed by atoms with Crippen molar-refractivity contribution in [3.8, 4) is 10.9 Å². The maximum absolute atomic E-state index is 12.9. The number of methoxy groups -OCH3 is 1. The first-order valence-electron chi connectivity index (χ1n) is 12.0. The van der Waals surface area contributed by atoms with Crippen molar-refractivity contribution in [3.63, 3.8) is 0 Å². The summed E-state index contributed by atoms with van der Waals surface area (Å²) in [6.45, 7) is 4.63. The number of carbonyl (C=O) groups excluding carboxylic acids is 1. The van der Waals surface area contributed by atoms with Crippen molar-refractivity contribution in [2.45, 2.75) is 32.4 Å². The molecule has 190 valence electrons. The number of hydrogen-bond donors (Lipinski definition) is 2. The van der Waals surface area contributed by atoms with Crippen LogP contribution in [-0.2, 0) is 4.79 Å². The molecule has 1 fully saturated rings. The zero-order valence-electron chi connectivity index (χ0n) is 20.8. The Morgan fingerprint density at radius 1 is 1.16 bits per heavy atom. The van der Waals surface area contributed by atoms with Crippen LogP contribution in [0.3, 0.4) is 0 Å². The molecule has 0 radical (unpaired) electrons. The molecule has 0 saturated carbocycles. The minimum atomic E-state index is -0.156. The summed E-state index contributed by atoms with van der Waals surface area (Å²) < 4.78 is 7.54. The van der Waals surface area contributed by atoms with Gasteiger partial charge in [0.25, 0.3) is 0 Å². The van der Waals surface area contributed by atoms with E-state index in [2.05, 4.69) is 50.0 Å². The number of nitrogens with zero attached hydrogens (tertiary/aromatic N) is 4. The van der Waals surface area contributed by atoms with Gasteiger partial charge in [0, 0.05) is 42.1 Å². The van der Waals surface area contributed by atoms with Crippen molar-refractivity contribution < 1.29 is 9.53 Å². The average Bonchev–Trinajstić information content (AvgIpc) is 3.61. The van der Waals surface area contributed by atoms with Crippen LogP contribution >= 0.6 is 23.6 Å². The van der Waals surface area contributed by atoms with Crippen molar-refractivity contribution in [1.82, 2.24) is 24.8 Å². The van der Waals surface area contributed by atoms with Gasteiger partial charge in [-0.2, -0.15) is 0 Å². The third kappa shape index (κ3) is 4.94. The van der Waals surface area contributed by atoms with E-state index < -0.39 is 0 Å². The molecule has 0 unspecified atom stereocenters. The predicted octanol–water partition coefficient (Wildman–Crippen LogP) is 4.96. The molecule has 0 spiro atoms. The lowest BCUT2D eigenvalue weighted by Gasteiger charge is -2.28. The number of pyridine rings is 1. The number of para-hydroxylation sites is 2. The molecule has 10 heteroatoms. The summed E-state index contributed by atoms with van der Waals surface area (Å²) in [5, 5.41) is 9.94. The van der Waals surface area contributed by atoms with Crippen LogP contribution in [0.25, 0.3) is 5.13 Å². The number of carbonyl (C=O) groups is 1. The van der Waals surface area contributed by atoms with Gasteiger partial charge in [0.15, 0.2) is 10.2 Å². The Morgan fingerprint density at radius 3 is 2.70 bits per heavy atom. The number of thiocarbonyl (C=S) groups is 1. The SMILES string of the molecule is COc1ccccc1NC(=O)CCN1C(=S)N[C@H](c2ccccn2)[C@H]1c1cc(C)n(-c2nccs2)c1C. The Morgan fingerprint density at radius 2 is 1.97 bits per heavy atom. The first-order chi connectivity index (χ1) is 18.0. The van der Waals surface area contributed by atoms with Crippen molar-refractivity contribution in [2.75, 3.05) is 19.0 Å². The van der Waals surface area contributed by atoms with Crippen LogP contribution in [0.5, 0.6) is 5.75 Å². The van der Waals surface area contributed by atoms with Crippen LogP contribution in [-0.4, -0.2) is 44.1 Å². The Kier molecular flexibility index (Phi) is 7.20. The van der Waals surface area contributed by atoms with Crippen molar-refractivity contribution in [1.29, 1.82) is 0 Å². The number of ether oxygens (including phenoxy) is 1. The molecule has 1 aromatic carbocycles. The minimum Gasteiger partial charge on any atom is -0.495 e. The molecule has 8 nitrogen and oxygen atoms in total. The highest BCUT2D eigenvalue weighted by Crippen LogP contribution is 2.41. The molecule has 37 heavy (non-hydrogen) atoms. The highest BCUT2D eigenvalue weighted by molar-refractivity contribution is 7.80. The summed E-state index contributed by atoms with van der Waals surface area (Å²) in [7, 11) is 1.59. The number of thiazole rings is 1. The number of aryl methyl sites for hydroxylation is 1. The molecule has 0 bridgehead atoms. The lowest BCUT2D eigenvalue weighted by molar-refractivity contribution is -0.116. The van der Waals surface area contributed by atoms with E-state index in [1.807, 2.05) is 54.0 Å². The van der Waals surface area contributed by atoms with Gasteiger partial charge in [-0.15, -0.1) is 11.3 Å². The van der Waals surface area contributed by atoms with Crippen molar-refractivity contribution >= 4 is 40.3 Å². The van der Waals surface area contributed by atoms with Gasteiger partial charge in [-0.25, -0.2) is 4.98 Å². The standard InChI is InChI=1S/C27H28N6O2S2/c1-17-16-19(18(2)33(17)27-29-13-15-37-27)25-24(21-9-6-7-12-28-21)31-26(36)32(25)14-11-23(34)30-20-8-4-5-10-22(20)35-3/h4-10,12-13,15-16,24-25H,11,14H2,1-3H3,(H,30,34)(H,31,36)/t24-,25-/m1/s1. The fourth-order valence-corrected chi connectivity index (χ4v) is 5.96. The molecular weight excluding hydrogens is 504 g/mol. The first kappa shape index (κ1) is 24.9. The highest BCUT2D eigenvalue weighted by atomic mass is 32.1. The molecule has 5 rings (SSSR count). The molecule has 0 aliphatic carbocycles. The van der Waals surface area contributed by atoms with E-state index in [4.69, 9.17) is 17.0 Å². The lowest BCUT2D eigenvalue weighted by Crippen LogP contribution is -2.33. The van der Waals surface area contributed by atoms with Crippen molar-refractivity contribution in [2.24, 2.45) is 0 Å². The van der Waals surface area contributed by atoms with Crippen molar-refractivity contribution in [3.05, 3.63) is 88.9 Å². The zero-order valence-corrected chi connectivity index (χ0v) is 22.5. The summed E-state index contributed by atoms with van der Waals surface area (Å²) in [5.41, 5.74) is 4.85. The number of nitrogens with one attached hydrogen (secondary N) is 2. The van der Waals surface area contributed by atoms with Gasteiger partial charge in [0.05, 0.1) is 30.6 Å². The second-order valence-electron chi connectivity index (χ2n) is 8.80. The fourth-order valence-electron chi connectivity index (χ4n) is 4.88. The zero-order chi connectivity index (χ0) is 25.9. The minimum absolute atomic E-state index is 0.111. The van der Waals surface area contributed by atoms with Crippen LogP contribution in [0.1, 0.15) is 41.1 Å². The summed E-state index contributed by atoms with van der Waals surface area (Å²) >= 11 is 7.39. The van der Waals surface area contributed by atoms with Gasteiger partial charge in [-0.05, 0) is 62.0 Å². The van der Waals surface area contributed by atoms with Gasteiger partial charge >= 0.3 is 0 Å². The highest BCUT2D eigenvalue weighted by Gasteiger charge is 2.41. The number of rotatable bonds is 8. The van der Waals surface area contributed by atoms with E-state index in [9.17, 15) is 4.79 Å². The number of hydrogen-bond acceptors (Lipinski definition) is 6. The number of aromatic nitrogens is 3. The average molecular weight is 533 g/mol. The Balaban J connectivity index is 1.44. The molecule has 3 aromatic heterocycles. The lowest BCUT2D eigenvalue weighted by atomic mass is 9.96. The van der Waals surface area contributed by atoms with Gasteiger partial charge < -0.3 is 20.3 Å². The van der Waals surface area contributed by atoms with Gasteiger partial charge in [0.2, 0.25) is 5.91 Å². The normalized spacial score (nSPS) is 17.1. The second kappa shape index (κ2) is 10.7. The molecule has 4 heterocycles. The molecule has 4 aromatic rings. The second-order valence-corrected chi connectivity index (χ2v) is 10.1. The molecule has 1 aliphatic heterocycles. The molecule has 1 saturated heterocycles. The first-order valence-corrected chi connectivity index (χ1v) is 13.3. The van der Waals surface area contributed by atoms with Crippen LogP contribution in [0.2, 0.25) is 0 Å². The van der Waals surface area contributed by atoms with E-state index in [1.165, 1.54) is 0 Å². The van der Waals surface area contributed by atoms with E-state index in [-0.39, 0.29) is 24.4 Å². The Hall–Kier alpha value is -3.76. The van der Waals surface area contributed by atoms with Gasteiger partial charge in [-0.3, -0.25) is 14.3 Å². The number of benzene rings is 1. The van der Waals surface area contributed by atoms with Crippen LogP contribution in [0, 0.1) is 13.8 Å². The summed E-state index contributed by atoms with van der Waals surface area (Å²) in [4.78, 5) is 24.2. The smallest absolute Gasteiger partial charge is 0.226 e. The van der Waals surface area contributed by atoms with Crippen LogP contribution in [0.15, 0.2) is 66.3 Å². The number of anilines is 1. The van der Waals surface area contributed by atoms with Gasteiger partial charge in [-0.1, -0.05) is 18.2 Å². The van der Waals surface area contributed by atoms with Gasteiger partial charge in [0.1, 0.15) is 5.75 Å². The maximum atomic E-state index is 12.9. The Labute approximate surface area is 225 Å². The summed E-state index contributed by atoms with van der Waals surface area (Å²) in [6, 6.07) is 15.2. The molecule has 2 N–H and O–H groups in total. The predicted molar refractivity (Wildman–Crippen MR) is 149 cm³/mol. The van der Waals surface area contributed by atoms with E-state index in [0.717, 1.165) is 27.8 Å². The van der Waals surface area contributed by atoms with E-state index in [0.29, 0.717) is 23.1 Å². The quantitative estimate of drug-likeness (QED) is 0.311. The third-order valence-electron chi connectivity index (χ3n) is 6.56. The molecule has 2 atom stereocenters. The Bertz CT molecular complexity index is 1400. The summed E-state index contributed by atoms with van der Waals surface area (Å²) in [6.07, 6.45) is 3.87. The topological polar surface area (TPSA) is 84.3 Å². The molecule has 1 amide bonds. The molecular formula is C27H28N6O2S2. The van der Waals surface area contributed by atoms with E-state index >= 15 is 0 Å². The van der Waals surface area contributed by atoms with E-state index in [1.54, 1.807) is 24.6 Å². The van der Waals surface area contributed by atoms with Crippen LogP contribution in [0.4, 0.5) is 5.69 Å². The molecule has 1 aliphatic rings. The third-order valence-corrected chi connectivity index (χ3v) is 7.67. The number of amides is 1. The fraction of sp³-hybridized carbons (Fsp3) is 0.259. The summed E-state index contributed by atoms with van der Waals surface area (Å²) in [5.74, 6) is 0.512. The monoisotopic (exact) mass is 532 g/mol. The van der Waals surface area contributed by atoms with Crippen LogP contribution < -0.4 is 15.4 Å². The largest absolute Gasteiger partial charge is 0.495 e. The maximum Gasteiger partial charge on any atom is 0.226 e.